The average Bonchev–Trinajstić information content (AvgIpc) is 2.95. The molecule has 3 rings (SSSR count). The van der Waals surface area contributed by atoms with E-state index in [1.165, 1.54) is 43.1 Å². The largest absolute Gasteiger partial charge is 0.330 e. The molecule has 1 aliphatic heterocycles. The summed E-state index contributed by atoms with van der Waals surface area (Å²) in [6.45, 7) is 4.10. The minimum absolute atomic E-state index is 0.658. The van der Waals surface area contributed by atoms with Crippen LogP contribution in [0.3, 0.4) is 0 Å². The second-order valence-electron chi connectivity index (χ2n) is 5.36. The number of nitrogens with one attached hydrogen (secondary N) is 1. The molecule has 0 amide bonds. The van der Waals surface area contributed by atoms with Gasteiger partial charge in [0.25, 0.3) is 0 Å². The maximum Gasteiger partial charge on any atom is 0.0941 e. The monoisotopic (exact) mass is 266 g/mol. The van der Waals surface area contributed by atoms with Gasteiger partial charge >= 0.3 is 0 Å². The van der Waals surface area contributed by atoms with Crippen LogP contribution >= 0.6 is 11.3 Å². The standard InChI is InChI=1S/C13H22N4S/c14-5-3-13-16-11(9-18-13)7-15-10-4-6-17(8-10)12-1-2-12/h9-10,12,15H,1-8,14H2. The third-order valence-electron chi connectivity index (χ3n) is 3.81. The number of nitrogens with two attached hydrogens (primary N) is 1. The molecule has 1 saturated heterocycles. The molecular weight excluding hydrogens is 244 g/mol. The van der Waals surface area contributed by atoms with Crippen LogP contribution in [0.1, 0.15) is 30.0 Å². The Labute approximate surface area is 113 Å². The van der Waals surface area contributed by atoms with Crippen molar-refractivity contribution in [2.24, 2.45) is 5.73 Å². The molecule has 1 unspecified atom stereocenters. The molecule has 0 spiro atoms. The molecule has 2 aliphatic rings. The molecule has 1 saturated carbocycles. The molecule has 0 radical (unpaired) electrons. The summed E-state index contributed by atoms with van der Waals surface area (Å²) in [5.74, 6) is 0. The van der Waals surface area contributed by atoms with Gasteiger partial charge < -0.3 is 11.1 Å². The Hall–Kier alpha value is -0.490. The minimum Gasteiger partial charge on any atom is -0.330 e. The Morgan fingerprint density at radius 3 is 3.11 bits per heavy atom. The predicted octanol–water partition coefficient (Wildman–Crippen LogP) is 0.971. The smallest absolute Gasteiger partial charge is 0.0941 e. The van der Waals surface area contributed by atoms with E-state index in [2.05, 4.69) is 20.6 Å². The molecule has 18 heavy (non-hydrogen) atoms. The maximum atomic E-state index is 5.54. The SMILES string of the molecule is NCCc1nc(CNC2CCN(C3CC3)C2)cs1. The van der Waals surface area contributed by atoms with Crippen LogP contribution in [0.15, 0.2) is 5.38 Å². The highest BCUT2D eigenvalue weighted by atomic mass is 32.1. The van der Waals surface area contributed by atoms with E-state index < -0.39 is 0 Å². The number of likely N-dealkylation sites (tertiary alicyclic amines) is 1. The zero-order chi connectivity index (χ0) is 12.4. The van der Waals surface area contributed by atoms with Gasteiger partial charge in [0.1, 0.15) is 0 Å². The van der Waals surface area contributed by atoms with Crippen molar-refractivity contribution >= 4 is 11.3 Å². The van der Waals surface area contributed by atoms with Crippen LogP contribution in [0, 0.1) is 0 Å². The van der Waals surface area contributed by atoms with Crippen LogP contribution in [-0.4, -0.2) is 41.6 Å². The Morgan fingerprint density at radius 2 is 2.33 bits per heavy atom. The number of nitrogens with zero attached hydrogens (tertiary/aromatic N) is 2. The van der Waals surface area contributed by atoms with Crippen LogP contribution < -0.4 is 11.1 Å². The highest BCUT2D eigenvalue weighted by molar-refractivity contribution is 7.09. The molecule has 4 nitrogen and oxygen atoms in total. The first-order valence-corrected chi connectivity index (χ1v) is 7.84. The fraction of sp³-hybridized carbons (Fsp3) is 0.769. The van der Waals surface area contributed by atoms with Gasteiger partial charge in [0.2, 0.25) is 0 Å². The van der Waals surface area contributed by atoms with Gasteiger partial charge in [0, 0.05) is 43.5 Å². The van der Waals surface area contributed by atoms with Gasteiger partial charge in [0.05, 0.1) is 10.7 Å². The van der Waals surface area contributed by atoms with E-state index in [4.69, 9.17) is 5.73 Å². The summed E-state index contributed by atoms with van der Waals surface area (Å²) < 4.78 is 0. The third-order valence-corrected chi connectivity index (χ3v) is 4.77. The zero-order valence-corrected chi connectivity index (χ0v) is 11.6. The van der Waals surface area contributed by atoms with Crippen molar-refractivity contribution in [2.45, 2.75) is 44.3 Å². The van der Waals surface area contributed by atoms with Crippen molar-refractivity contribution < 1.29 is 0 Å². The van der Waals surface area contributed by atoms with E-state index >= 15 is 0 Å². The fourth-order valence-electron chi connectivity index (χ4n) is 2.64. The van der Waals surface area contributed by atoms with Crippen molar-refractivity contribution in [3.8, 4) is 0 Å². The van der Waals surface area contributed by atoms with Gasteiger partial charge in [-0.3, -0.25) is 4.90 Å². The number of rotatable bonds is 6. The van der Waals surface area contributed by atoms with Crippen molar-refractivity contribution in [3.05, 3.63) is 16.1 Å². The van der Waals surface area contributed by atoms with E-state index in [1.807, 2.05) is 0 Å². The minimum atomic E-state index is 0.658. The Balaban J connectivity index is 1.43. The van der Waals surface area contributed by atoms with Crippen molar-refractivity contribution in [1.82, 2.24) is 15.2 Å². The predicted molar refractivity (Wildman–Crippen MR) is 74.7 cm³/mol. The van der Waals surface area contributed by atoms with E-state index in [1.54, 1.807) is 11.3 Å². The number of aromatic nitrogens is 1. The van der Waals surface area contributed by atoms with Gasteiger partial charge in [-0.15, -0.1) is 11.3 Å². The van der Waals surface area contributed by atoms with Gasteiger partial charge in [0.15, 0.2) is 0 Å². The molecule has 0 bridgehead atoms. The lowest BCUT2D eigenvalue weighted by Gasteiger charge is -2.15. The lowest BCUT2D eigenvalue weighted by Crippen LogP contribution is -2.32. The quantitative estimate of drug-likeness (QED) is 0.805. The van der Waals surface area contributed by atoms with Crippen LogP contribution in [0.5, 0.6) is 0 Å². The van der Waals surface area contributed by atoms with E-state index in [0.29, 0.717) is 12.6 Å². The van der Waals surface area contributed by atoms with Gasteiger partial charge in [-0.25, -0.2) is 4.98 Å². The molecule has 1 aromatic heterocycles. The molecule has 1 atom stereocenters. The highest BCUT2D eigenvalue weighted by Gasteiger charge is 2.34. The molecule has 1 aliphatic carbocycles. The Bertz CT molecular complexity index is 388. The molecular formula is C13H22N4S. The van der Waals surface area contributed by atoms with Crippen LogP contribution in [0.25, 0.3) is 0 Å². The number of hydrogen-bond donors (Lipinski definition) is 2. The molecule has 0 aromatic carbocycles. The Kier molecular flexibility index (Phi) is 3.94. The zero-order valence-electron chi connectivity index (χ0n) is 10.8. The first kappa shape index (κ1) is 12.5. The fourth-order valence-corrected chi connectivity index (χ4v) is 3.46. The lowest BCUT2D eigenvalue weighted by atomic mass is 10.2. The number of hydrogen-bond acceptors (Lipinski definition) is 5. The summed E-state index contributed by atoms with van der Waals surface area (Å²) in [5, 5.41) is 6.96. The molecule has 2 heterocycles. The summed E-state index contributed by atoms with van der Waals surface area (Å²) in [6.07, 6.45) is 5.03. The van der Waals surface area contributed by atoms with E-state index in [-0.39, 0.29) is 0 Å². The molecule has 3 N–H and O–H groups in total. The van der Waals surface area contributed by atoms with E-state index in [0.717, 1.165) is 19.0 Å². The normalized spacial score (nSPS) is 24.8. The van der Waals surface area contributed by atoms with Crippen molar-refractivity contribution in [1.29, 1.82) is 0 Å². The maximum absolute atomic E-state index is 5.54. The van der Waals surface area contributed by atoms with Gasteiger partial charge in [-0.05, 0) is 25.8 Å². The summed E-state index contributed by atoms with van der Waals surface area (Å²) in [4.78, 5) is 7.23. The molecule has 5 heteroatoms. The molecule has 2 fully saturated rings. The summed E-state index contributed by atoms with van der Waals surface area (Å²) in [5.41, 5.74) is 6.71. The first-order chi connectivity index (χ1) is 8.85. The first-order valence-electron chi connectivity index (χ1n) is 6.96. The second kappa shape index (κ2) is 5.65. The highest BCUT2D eigenvalue weighted by Crippen LogP contribution is 2.29. The topological polar surface area (TPSA) is 54.2 Å². The van der Waals surface area contributed by atoms with E-state index in [9.17, 15) is 0 Å². The number of thiazole rings is 1. The van der Waals surface area contributed by atoms with Crippen LogP contribution in [0.2, 0.25) is 0 Å². The Morgan fingerprint density at radius 1 is 1.44 bits per heavy atom. The van der Waals surface area contributed by atoms with Crippen molar-refractivity contribution in [2.75, 3.05) is 19.6 Å². The van der Waals surface area contributed by atoms with Crippen molar-refractivity contribution in [3.63, 3.8) is 0 Å². The van der Waals surface area contributed by atoms with Gasteiger partial charge in [-0.2, -0.15) is 0 Å². The molecule has 100 valence electrons. The lowest BCUT2D eigenvalue weighted by molar-refractivity contribution is 0.317. The third kappa shape index (κ3) is 3.09. The molecule has 1 aromatic rings. The second-order valence-corrected chi connectivity index (χ2v) is 6.31. The van der Waals surface area contributed by atoms with Crippen LogP contribution in [0.4, 0.5) is 0 Å². The summed E-state index contributed by atoms with van der Waals surface area (Å²) >= 11 is 1.73. The average molecular weight is 266 g/mol. The summed E-state index contributed by atoms with van der Waals surface area (Å²) in [7, 11) is 0. The van der Waals surface area contributed by atoms with Gasteiger partial charge in [-0.1, -0.05) is 0 Å². The summed E-state index contributed by atoms with van der Waals surface area (Å²) in [6, 6.07) is 1.57. The van der Waals surface area contributed by atoms with Crippen LogP contribution in [-0.2, 0) is 13.0 Å².